The van der Waals surface area contributed by atoms with Crippen LogP contribution in [0.4, 0.5) is 15.8 Å². The van der Waals surface area contributed by atoms with Gasteiger partial charge in [0.1, 0.15) is 10.8 Å². The molecule has 148 valence electrons. The molecule has 1 aromatic heterocycles. The molecule has 0 aliphatic carbocycles. The fraction of sp³-hybridized carbons (Fsp3) is 0.150. The fourth-order valence-electron chi connectivity index (χ4n) is 2.40. The Kier molecular flexibility index (Phi) is 6.40. The second-order valence-corrected chi connectivity index (χ2v) is 7.21. The number of aromatic nitrogens is 2. The summed E-state index contributed by atoms with van der Waals surface area (Å²) in [7, 11) is 0. The fourth-order valence-corrected chi connectivity index (χ4v) is 3.13. The third-order valence-electron chi connectivity index (χ3n) is 3.90. The molecule has 0 bridgehead atoms. The molecular formula is C20H17FN4O3S. The van der Waals surface area contributed by atoms with E-state index in [0.29, 0.717) is 28.4 Å². The van der Waals surface area contributed by atoms with Gasteiger partial charge in [-0.1, -0.05) is 11.3 Å². The highest BCUT2D eigenvalue weighted by atomic mass is 32.1. The van der Waals surface area contributed by atoms with E-state index < -0.39 is 11.7 Å². The average molecular weight is 412 g/mol. The van der Waals surface area contributed by atoms with E-state index in [1.54, 1.807) is 24.3 Å². The number of ketones is 1. The summed E-state index contributed by atoms with van der Waals surface area (Å²) in [5.74, 6) is -1.10. The molecule has 3 rings (SSSR count). The molecule has 7 nitrogen and oxygen atoms in total. The normalized spacial score (nSPS) is 10.4. The summed E-state index contributed by atoms with van der Waals surface area (Å²) in [6.45, 7) is 1.48. The SMILES string of the molecule is CC(=O)c1ccc(NC(=O)CCc2nnc(C(=O)Nc3ccc(F)cc3)s2)cc1. The molecule has 0 atom stereocenters. The molecule has 0 aliphatic heterocycles. The summed E-state index contributed by atoms with van der Waals surface area (Å²) in [4.78, 5) is 35.5. The van der Waals surface area contributed by atoms with Crippen molar-refractivity contribution in [3.63, 3.8) is 0 Å². The summed E-state index contributed by atoms with van der Waals surface area (Å²) < 4.78 is 12.9. The third kappa shape index (κ3) is 5.76. The number of carbonyl (C=O) groups is 3. The number of carbonyl (C=O) groups excluding carboxylic acids is 3. The first-order chi connectivity index (χ1) is 13.9. The van der Waals surface area contributed by atoms with Crippen molar-refractivity contribution in [1.82, 2.24) is 10.2 Å². The largest absolute Gasteiger partial charge is 0.326 e. The topological polar surface area (TPSA) is 101 Å². The number of hydrogen-bond donors (Lipinski definition) is 2. The van der Waals surface area contributed by atoms with E-state index in [0.717, 1.165) is 11.3 Å². The van der Waals surface area contributed by atoms with Gasteiger partial charge in [-0.2, -0.15) is 0 Å². The van der Waals surface area contributed by atoms with E-state index in [-0.39, 0.29) is 23.1 Å². The van der Waals surface area contributed by atoms with Crippen LogP contribution in [0.3, 0.4) is 0 Å². The van der Waals surface area contributed by atoms with Gasteiger partial charge in [-0.15, -0.1) is 10.2 Å². The molecule has 2 N–H and O–H groups in total. The molecule has 0 spiro atoms. The van der Waals surface area contributed by atoms with Gasteiger partial charge in [0.2, 0.25) is 10.9 Å². The molecule has 2 amide bonds. The number of halogens is 1. The maximum absolute atomic E-state index is 12.9. The van der Waals surface area contributed by atoms with Crippen LogP contribution in [0, 0.1) is 5.82 Å². The van der Waals surface area contributed by atoms with Crippen molar-refractivity contribution in [3.05, 3.63) is 69.9 Å². The summed E-state index contributed by atoms with van der Waals surface area (Å²) >= 11 is 1.09. The zero-order chi connectivity index (χ0) is 20.8. The zero-order valence-electron chi connectivity index (χ0n) is 15.4. The number of aryl methyl sites for hydroxylation is 1. The predicted octanol–water partition coefficient (Wildman–Crippen LogP) is 3.70. The second-order valence-electron chi connectivity index (χ2n) is 6.14. The second kappa shape index (κ2) is 9.16. The molecule has 29 heavy (non-hydrogen) atoms. The lowest BCUT2D eigenvalue weighted by molar-refractivity contribution is -0.116. The van der Waals surface area contributed by atoms with Crippen LogP contribution in [0.15, 0.2) is 48.5 Å². The quantitative estimate of drug-likeness (QED) is 0.576. The molecule has 0 unspecified atom stereocenters. The predicted molar refractivity (Wildman–Crippen MR) is 108 cm³/mol. The molecule has 0 saturated heterocycles. The smallest absolute Gasteiger partial charge is 0.286 e. The lowest BCUT2D eigenvalue weighted by Crippen LogP contribution is -2.12. The van der Waals surface area contributed by atoms with Gasteiger partial charge in [0.05, 0.1) is 0 Å². The molecule has 0 radical (unpaired) electrons. The Hall–Kier alpha value is -3.46. The number of nitrogens with one attached hydrogen (secondary N) is 2. The first kappa shape index (κ1) is 20.3. The van der Waals surface area contributed by atoms with Crippen molar-refractivity contribution in [1.29, 1.82) is 0 Å². The highest BCUT2D eigenvalue weighted by Crippen LogP contribution is 2.16. The highest BCUT2D eigenvalue weighted by Gasteiger charge is 2.14. The van der Waals surface area contributed by atoms with Crippen LogP contribution in [0.2, 0.25) is 0 Å². The molecule has 3 aromatic rings. The minimum absolute atomic E-state index is 0.0431. The summed E-state index contributed by atoms with van der Waals surface area (Å²) in [6.07, 6.45) is 0.502. The molecule has 0 saturated carbocycles. The zero-order valence-corrected chi connectivity index (χ0v) is 16.3. The van der Waals surface area contributed by atoms with Crippen molar-refractivity contribution in [3.8, 4) is 0 Å². The van der Waals surface area contributed by atoms with Crippen LogP contribution in [0.5, 0.6) is 0 Å². The lowest BCUT2D eigenvalue weighted by Gasteiger charge is -2.05. The number of rotatable bonds is 7. The van der Waals surface area contributed by atoms with Crippen LogP contribution in [-0.2, 0) is 11.2 Å². The Morgan fingerprint density at radius 1 is 0.931 bits per heavy atom. The standard InChI is InChI=1S/C20H17FN4O3S/c1-12(26)13-2-6-15(7-3-13)22-17(27)10-11-18-24-25-20(29-18)19(28)23-16-8-4-14(21)5-9-16/h2-9H,10-11H2,1H3,(H,22,27)(H,23,28). The van der Waals surface area contributed by atoms with Gasteiger partial charge in [-0.05, 0) is 55.5 Å². The van der Waals surface area contributed by atoms with Crippen molar-refractivity contribution in [2.24, 2.45) is 0 Å². The van der Waals surface area contributed by atoms with Gasteiger partial charge in [0.15, 0.2) is 5.78 Å². The van der Waals surface area contributed by atoms with E-state index in [2.05, 4.69) is 20.8 Å². The maximum atomic E-state index is 12.9. The Labute approximate surface area is 170 Å². The van der Waals surface area contributed by atoms with Crippen molar-refractivity contribution >= 4 is 40.3 Å². The van der Waals surface area contributed by atoms with Crippen LogP contribution >= 0.6 is 11.3 Å². The van der Waals surface area contributed by atoms with Crippen LogP contribution in [0.1, 0.15) is 38.5 Å². The van der Waals surface area contributed by atoms with Gasteiger partial charge in [-0.3, -0.25) is 14.4 Å². The molecule has 0 aliphatic rings. The van der Waals surface area contributed by atoms with Crippen molar-refractivity contribution in [2.45, 2.75) is 19.8 Å². The Bertz CT molecular complexity index is 1030. The van der Waals surface area contributed by atoms with Crippen LogP contribution in [0.25, 0.3) is 0 Å². The Balaban J connectivity index is 1.50. The van der Waals surface area contributed by atoms with E-state index >= 15 is 0 Å². The lowest BCUT2D eigenvalue weighted by atomic mass is 10.1. The van der Waals surface area contributed by atoms with E-state index in [1.165, 1.54) is 31.2 Å². The summed E-state index contributed by atoms with van der Waals surface area (Å²) in [5, 5.41) is 13.8. The molecule has 2 aromatic carbocycles. The highest BCUT2D eigenvalue weighted by molar-refractivity contribution is 7.13. The minimum atomic E-state index is -0.449. The molecule has 1 heterocycles. The minimum Gasteiger partial charge on any atom is -0.326 e. The number of Topliss-reactive ketones (excluding diaryl/α,β-unsaturated/α-hetero) is 1. The number of nitrogens with zero attached hydrogens (tertiary/aromatic N) is 2. The van der Waals surface area contributed by atoms with Crippen molar-refractivity contribution in [2.75, 3.05) is 10.6 Å². The third-order valence-corrected chi connectivity index (χ3v) is 4.89. The van der Waals surface area contributed by atoms with Crippen molar-refractivity contribution < 1.29 is 18.8 Å². The molecular weight excluding hydrogens is 395 g/mol. The molecule has 9 heteroatoms. The van der Waals surface area contributed by atoms with E-state index in [1.807, 2.05) is 0 Å². The number of amides is 2. The van der Waals surface area contributed by atoms with Gasteiger partial charge in [-0.25, -0.2) is 4.39 Å². The van der Waals surface area contributed by atoms with Crippen LogP contribution in [-0.4, -0.2) is 27.8 Å². The first-order valence-electron chi connectivity index (χ1n) is 8.71. The van der Waals surface area contributed by atoms with Crippen LogP contribution < -0.4 is 10.6 Å². The van der Waals surface area contributed by atoms with Gasteiger partial charge < -0.3 is 10.6 Å². The summed E-state index contributed by atoms with van der Waals surface area (Å²) in [5.41, 5.74) is 1.61. The average Bonchev–Trinajstić information content (AvgIpc) is 3.18. The maximum Gasteiger partial charge on any atom is 0.286 e. The number of anilines is 2. The summed E-state index contributed by atoms with van der Waals surface area (Å²) in [6, 6.07) is 12.0. The number of benzene rings is 2. The first-order valence-corrected chi connectivity index (χ1v) is 9.52. The van der Waals surface area contributed by atoms with Gasteiger partial charge in [0, 0.05) is 29.8 Å². The van der Waals surface area contributed by atoms with Gasteiger partial charge >= 0.3 is 0 Å². The van der Waals surface area contributed by atoms with E-state index in [4.69, 9.17) is 0 Å². The number of hydrogen-bond acceptors (Lipinski definition) is 6. The monoisotopic (exact) mass is 412 g/mol. The van der Waals surface area contributed by atoms with E-state index in [9.17, 15) is 18.8 Å². The Morgan fingerprint density at radius 2 is 1.55 bits per heavy atom. The Morgan fingerprint density at radius 3 is 2.21 bits per heavy atom. The molecule has 0 fully saturated rings. The van der Waals surface area contributed by atoms with Gasteiger partial charge in [0.25, 0.3) is 5.91 Å².